The lowest BCUT2D eigenvalue weighted by Crippen LogP contribution is -2.43. The standard InChI is InChI=1S/C13H19NS/c1-12(2,13(14)7-8-13)10-5-4-6-11(9-10)15-3/h4-6,9H,7-8,14H2,1-3H3. The highest BCUT2D eigenvalue weighted by molar-refractivity contribution is 7.98. The van der Waals surface area contributed by atoms with Crippen LogP contribution in [0.1, 0.15) is 32.3 Å². The van der Waals surface area contributed by atoms with Crippen LogP contribution in [-0.4, -0.2) is 11.8 Å². The molecule has 1 nitrogen and oxygen atoms in total. The highest BCUT2D eigenvalue weighted by atomic mass is 32.2. The molecule has 0 aromatic heterocycles. The van der Waals surface area contributed by atoms with E-state index in [1.54, 1.807) is 11.8 Å². The van der Waals surface area contributed by atoms with Crippen molar-refractivity contribution in [2.24, 2.45) is 5.73 Å². The minimum Gasteiger partial charge on any atom is -0.324 e. The summed E-state index contributed by atoms with van der Waals surface area (Å²) in [5.41, 5.74) is 7.84. The maximum Gasteiger partial charge on any atom is 0.0248 e. The van der Waals surface area contributed by atoms with Crippen LogP contribution < -0.4 is 5.73 Å². The van der Waals surface area contributed by atoms with Crippen molar-refractivity contribution >= 4 is 11.8 Å². The number of hydrogen-bond acceptors (Lipinski definition) is 2. The number of benzene rings is 1. The Morgan fingerprint density at radius 3 is 2.53 bits per heavy atom. The molecule has 0 bridgehead atoms. The summed E-state index contributed by atoms with van der Waals surface area (Å²) in [5, 5.41) is 0. The van der Waals surface area contributed by atoms with E-state index in [0.29, 0.717) is 0 Å². The summed E-state index contributed by atoms with van der Waals surface area (Å²) in [4.78, 5) is 1.32. The molecule has 0 radical (unpaired) electrons. The molecule has 1 aliphatic carbocycles. The summed E-state index contributed by atoms with van der Waals surface area (Å²) in [7, 11) is 0. The second-order valence-corrected chi connectivity index (χ2v) is 5.89. The second-order valence-electron chi connectivity index (χ2n) is 5.01. The maximum atomic E-state index is 6.34. The first-order valence-corrected chi connectivity index (χ1v) is 6.65. The number of nitrogens with two attached hydrogens (primary N) is 1. The van der Waals surface area contributed by atoms with Gasteiger partial charge in [-0.1, -0.05) is 26.0 Å². The molecule has 2 N–H and O–H groups in total. The van der Waals surface area contributed by atoms with Gasteiger partial charge in [0.2, 0.25) is 0 Å². The normalized spacial score (nSPS) is 18.9. The Balaban J connectivity index is 2.36. The molecule has 1 saturated carbocycles. The minimum absolute atomic E-state index is 0.0318. The van der Waals surface area contributed by atoms with E-state index in [4.69, 9.17) is 5.73 Å². The lowest BCUT2D eigenvalue weighted by atomic mass is 9.76. The van der Waals surface area contributed by atoms with E-state index >= 15 is 0 Å². The predicted octanol–water partition coefficient (Wildman–Crippen LogP) is 3.18. The van der Waals surface area contributed by atoms with Crippen molar-refractivity contribution in [1.82, 2.24) is 0 Å². The molecule has 0 atom stereocenters. The van der Waals surface area contributed by atoms with Gasteiger partial charge < -0.3 is 5.73 Å². The molecule has 1 aromatic carbocycles. The van der Waals surface area contributed by atoms with Gasteiger partial charge in [0.05, 0.1) is 0 Å². The number of hydrogen-bond donors (Lipinski definition) is 1. The van der Waals surface area contributed by atoms with E-state index in [1.165, 1.54) is 10.5 Å². The van der Waals surface area contributed by atoms with Crippen molar-refractivity contribution in [3.05, 3.63) is 29.8 Å². The van der Waals surface area contributed by atoms with E-state index < -0.39 is 0 Å². The molecule has 82 valence electrons. The maximum absolute atomic E-state index is 6.34. The van der Waals surface area contributed by atoms with Gasteiger partial charge in [-0.3, -0.25) is 0 Å². The molecule has 0 amide bonds. The summed E-state index contributed by atoms with van der Waals surface area (Å²) in [5.74, 6) is 0. The second kappa shape index (κ2) is 3.53. The van der Waals surface area contributed by atoms with Crippen molar-refractivity contribution in [1.29, 1.82) is 0 Å². The first-order chi connectivity index (χ1) is 6.99. The lowest BCUT2D eigenvalue weighted by molar-refractivity contribution is 0.390. The first-order valence-electron chi connectivity index (χ1n) is 5.43. The third kappa shape index (κ3) is 1.81. The third-order valence-electron chi connectivity index (χ3n) is 3.82. The highest BCUT2D eigenvalue weighted by Crippen LogP contribution is 2.49. The Kier molecular flexibility index (Phi) is 2.60. The fourth-order valence-electron chi connectivity index (χ4n) is 2.06. The monoisotopic (exact) mass is 221 g/mol. The number of thioether (sulfide) groups is 1. The van der Waals surface area contributed by atoms with Crippen LogP contribution in [-0.2, 0) is 5.41 Å². The lowest BCUT2D eigenvalue weighted by Gasteiger charge is -2.32. The van der Waals surface area contributed by atoms with Gasteiger partial charge in [-0.05, 0) is 36.8 Å². The fourth-order valence-corrected chi connectivity index (χ4v) is 2.52. The van der Waals surface area contributed by atoms with Crippen LogP contribution >= 0.6 is 11.8 Å². The molecule has 0 aliphatic heterocycles. The summed E-state index contributed by atoms with van der Waals surface area (Å²) in [6.45, 7) is 4.53. The van der Waals surface area contributed by atoms with Gasteiger partial charge in [-0.2, -0.15) is 0 Å². The van der Waals surface area contributed by atoms with Gasteiger partial charge in [-0.25, -0.2) is 0 Å². The minimum atomic E-state index is 0.0318. The van der Waals surface area contributed by atoms with Crippen molar-refractivity contribution in [3.63, 3.8) is 0 Å². The van der Waals surface area contributed by atoms with Crippen molar-refractivity contribution in [2.75, 3.05) is 6.26 Å². The average molecular weight is 221 g/mol. The van der Waals surface area contributed by atoms with Gasteiger partial charge in [-0.15, -0.1) is 11.8 Å². The average Bonchev–Trinajstić information content (AvgIpc) is 2.98. The smallest absolute Gasteiger partial charge is 0.0248 e. The van der Waals surface area contributed by atoms with E-state index in [-0.39, 0.29) is 11.0 Å². The van der Waals surface area contributed by atoms with Crippen LogP contribution in [0.5, 0.6) is 0 Å². The summed E-state index contributed by atoms with van der Waals surface area (Å²) >= 11 is 1.79. The van der Waals surface area contributed by atoms with Crippen LogP contribution in [0.2, 0.25) is 0 Å². The Bertz CT molecular complexity index is 367. The number of rotatable bonds is 3. The van der Waals surface area contributed by atoms with Gasteiger partial charge >= 0.3 is 0 Å². The van der Waals surface area contributed by atoms with Crippen molar-refractivity contribution in [2.45, 2.75) is 42.5 Å². The van der Waals surface area contributed by atoms with Gasteiger partial charge in [0, 0.05) is 15.8 Å². The molecule has 2 rings (SSSR count). The molecule has 0 unspecified atom stereocenters. The zero-order valence-corrected chi connectivity index (χ0v) is 10.5. The van der Waals surface area contributed by atoms with E-state index in [9.17, 15) is 0 Å². The van der Waals surface area contributed by atoms with Crippen molar-refractivity contribution in [3.8, 4) is 0 Å². The molecular formula is C13H19NS. The van der Waals surface area contributed by atoms with E-state index in [2.05, 4.69) is 44.4 Å². The van der Waals surface area contributed by atoms with Crippen LogP contribution in [0.15, 0.2) is 29.2 Å². The zero-order chi connectivity index (χ0) is 11.1. The molecule has 0 saturated heterocycles. The molecule has 0 spiro atoms. The Hall–Kier alpha value is -0.470. The molecule has 1 aliphatic rings. The highest BCUT2D eigenvalue weighted by Gasteiger charge is 2.51. The largest absolute Gasteiger partial charge is 0.324 e. The van der Waals surface area contributed by atoms with Gasteiger partial charge in [0.1, 0.15) is 0 Å². The fraction of sp³-hybridized carbons (Fsp3) is 0.538. The molecule has 0 heterocycles. The molecule has 1 aromatic rings. The predicted molar refractivity (Wildman–Crippen MR) is 67.4 cm³/mol. The van der Waals surface area contributed by atoms with Crippen molar-refractivity contribution < 1.29 is 0 Å². The Labute approximate surface area is 96.4 Å². The Morgan fingerprint density at radius 2 is 2.00 bits per heavy atom. The summed E-state index contributed by atoms with van der Waals surface area (Å²) in [6, 6.07) is 8.76. The van der Waals surface area contributed by atoms with E-state index in [1.807, 2.05) is 0 Å². The zero-order valence-electron chi connectivity index (χ0n) is 9.71. The van der Waals surface area contributed by atoms with Gasteiger partial charge in [0.25, 0.3) is 0 Å². The Morgan fingerprint density at radius 1 is 1.33 bits per heavy atom. The summed E-state index contributed by atoms with van der Waals surface area (Å²) in [6.07, 6.45) is 4.43. The van der Waals surface area contributed by atoms with Crippen LogP contribution in [0.25, 0.3) is 0 Å². The topological polar surface area (TPSA) is 26.0 Å². The molecular weight excluding hydrogens is 202 g/mol. The SMILES string of the molecule is CSc1cccc(C(C)(C)C2(N)CC2)c1. The first kappa shape index (κ1) is 11.0. The summed E-state index contributed by atoms with van der Waals surface area (Å²) < 4.78 is 0. The third-order valence-corrected chi connectivity index (χ3v) is 4.55. The quantitative estimate of drug-likeness (QED) is 0.793. The van der Waals surface area contributed by atoms with Crippen LogP contribution in [0.4, 0.5) is 0 Å². The molecule has 1 fully saturated rings. The van der Waals surface area contributed by atoms with Crippen LogP contribution in [0, 0.1) is 0 Å². The van der Waals surface area contributed by atoms with E-state index in [0.717, 1.165) is 12.8 Å². The molecule has 2 heteroatoms. The molecule has 15 heavy (non-hydrogen) atoms. The van der Waals surface area contributed by atoms with Gasteiger partial charge in [0.15, 0.2) is 0 Å². The van der Waals surface area contributed by atoms with Crippen LogP contribution in [0.3, 0.4) is 0 Å².